The zero-order valence-electron chi connectivity index (χ0n) is 44.5. The molecule has 6 N–H and O–H groups in total. The maximum atomic E-state index is 13.4. The van der Waals surface area contributed by atoms with Crippen molar-refractivity contribution in [2.45, 2.75) is 39.8 Å². The number of aromatic nitrogens is 8. The number of alkyl halides is 1. The normalized spacial score (nSPS) is 14.8. The summed E-state index contributed by atoms with van der Waals surface area (Å²) < 4.78 is 41.6. The number of nitrogens with zero attached hydrogens (tertiary/aromatic N) is 6. The highest BCUT2D eigenvalue weighted by Crippen LogP contribution is 2.36. The molecule has 2 fully saturated rings. The van der Waals surface area contributed by atoms with Crippen molar-refractivity contribution in [1.82, 2.24) is 40.0 Å². The summed E-state index contributed by atoms with van der Waals surface area (Å²) in [5.74, 6) is 0.731. The van der Waals surface area contributed by atoms with Gasteiger partial charge in [-0.3, -0.25) is 28.1 Å². The number of para-hydroxylation sites is 2. The van der Waals surface area contributed by atoms with Crippen LogP contribution in [0.3, 0.4) is 0 Å². The van der Waals surface area contributed by atoms with Crippen LogP contribution >= 0.6 is 0 Å². The van der Waals surface area contributed by atoms with Gasteiger partial charge in [-0.15, -0.1) is 0 Å². The summed E-state index contributed by atoms with van der Waals surface area (Å²) in [5.41, 5.74) is 11.6. The first-order valence-electron chi connectivity index (χ1n) is 26.4. The van der Waals surface area contributed by atoms with Crippen LogP contribution in [0.15, 0.2) is 143 Å². The number of amides is 1. The number of carboxylic acid groups (broad SMARTS) is 1. The molecule has 19 nitrogen and oxygen atoms in total. The lowest BCUT2D eigenvalue weighted by Gasteiger charge is -2.13. The monoisotopic (exact) mass is 1070 g/mol. The first kappa shape index (κ1) is 53.1. The summed E-state index contributed by atoms with van der Waals surface area (Å²) in [7, 11) is -1.00. The van der Waals surface area contributed by atoms with Crippen molar-refractivity contribution < 1.29 is 39.4 Å². The zero-order chi connectivity index (χ0) is 56.1. The van der Waals surface area contributed by atoms with E-state index in [0.29, 0.717) is 106 Å². The highest BCUT2D eigenvalue weighted by Gasteiger charge is 2.24. The molecule has 2 aliphatic heterocycles. The summed E-state index contributed by atoms with van der Waals surface area (Å²) in [6, 6.07) is 40.7. The number of carboxylic acids is 1. The van der Waals surface area contributed by atoms with Crippen LogP contribution in [-0.4, -0.2) is 104 Å². The van der Waals surface area contributed by atoms with Gasteiger partial charge >= 0.3 is 5.97 Å². The van der Waals surface area contributed by atoms with E-state index in [2.05, 4.69) is 35.9 Å². The van der Waals surface area contributed by atoms with Crippen molar-refractivity contribution in [1.29, 1.82) is 0 Å². The Labute approximate surface area is 453 Å². The lowest BCUT2D eigenvalue weighted by atomic mass is 10.0. The summed E-state index contributed by atoms with van der Waals surface area (Å²) in [6.45, 7) is 9.16. The predicted molar refractivity (Wildman–Crippen MR) is 302 cm³/mol. The third-order valence-electron chi connectivity index (χ3n) is 13.4. The SMILES string of the molecule is CCOc1cc(N)ccc1-c1n[nH]c(=O)c2ccccc12.CCOc1cc(NC(=O)c2nn(CC3CCOC3)c3ccccc23)ccc1-c1n[nH]c(=O)c2ccccc12.O=C(O)c1nn(CC2CCOC2)c2ccccc12.[2H]CF. The summed E-state index contributed by atoms with van der Waals surface area (Å²) in [5, 5.41) is 38.8. The van der Waals surface area contributed by atoms with E-state index in [4.69, 9.17) is 31.2 Å². The number of nitrogens with two attached hydrogens (primary N) is 1. The number of carbonyl (C=O) groups excluding carboxylic acids is 1. The van der Waals surface area contributed by atoms with Crippen LogP contribution in [0.4, 0.5) is 15.8 Å². The van der Waals surface area contributed by atoms with Gasteiger partial charge in [-0.05, 0) is 75.2 Å². The quantitative estimate of drug-likeness (QED) is 0.0674. The third kappa shape index (κ3) is 12.1. The molecule has 12 rings (SSSR count). The van der Waals surface area contributed by atoms with E-state index in [-0.39, 0.29) is 22.7 Å². The van der Waals surface area contributed by atoms with E-state index in [1.807, 2.05) is 110 Å². The Morgan fingerprint density at radius 3 is 1.59 bits per heavy atom. The molecular formula is C59H59FN10O9. The lowest BCUT2D eigenvalue weighted by Crippen LogP contribution is -2.16. The molecule has 10 aromatic rings. The standard InChI is InChI=1S/C29H27N5O4.C16H15N3O2.C13H14N2O3.CH3F/c1-2-38-25-15-19(11-12-23(25)26-20-7-3-4-8-21(20)28(35)32-31-26)30-29(36)27-22-9-5-6-10-24(22)34(33-27)16-18-13-14-37-17-18;1-2-21-14-9-10(17)7-8-13(14)15-11-5-3-4-6-12(11)16(20)19-18-15;16-13(17)12-10-3-1-2-4-11(10)15(14-12)7-9-5-6-18-8-9;1-2/h3-12,15,18H,2,13-14,16-17H2,1H3,(H,30,36)(H,32,35);3-9H,2,17H2,1H3,(H,19,20);1-4,9H,5-8H2,(H,16,17);1H3/i;;;1D. The Morgan fingerprint density at radius 1 is 0.671 bits per heavy atom. The smallest absolute Gasteiger partial charge is 0.357 e. The van der Waals surface area contributed by atoms with Crippen LogP contribution in [0, 0.1) is 11.8 Å². The number of H-pyrrole nitrogens is 2. The Hall–Kier alpha value is -9.27. The Balaban J connectivity index is 0.000000155. The number of rotatable bonds is 13. The molecule has 2 saturated heterocycles. The average molecular weight is 1070 g/mol. The van der Waals surface area contributed by atoms with Crippen molar-refractivity contribution in [3.8, 4) is 34.0 Å². The summed E-state index contributed by atoms with van der Waals surface area (Å²) in [4.78, 5) is 48.7. The zero-order valence-corrected chi connectivity index (χ0v) is 43.5. The third-order valence-corrected chi connectivity index (χ3v) is 13.4. The van der Waals surface area contributed by atoms with Crippen molar-refractivity contribution >= 4 is 66.6 Å². The van der Waals surface area contributed by atoms with E-state index in [9.17, 15) is 23.6 Å². The fourth-order valence-corrected chi connectivity index (χ4v) is 9.71. The van der Waals surface area contributed by atoms with E-state index in [1.165, 1.54) is 0 Å². The molecule has 2 unspecified atom stereocenters. The highest BCUT2D eigenvalue weighted by molar-refractivity contribution is 6.11. The molecule has 4 aromatic heterocycles. The fourth-order valence-electron chi connectivity index (χ4n) is 9.71. The molecule has 79 heavy (non-hydrogen) atoms. The number of halogens is 1. The number of anilines is 2. The predicted octanol–water partition coefficient (Wildman–Crippen LogP) is 9.55. The maximum Gasteiger partial charge on any atom is 0.357 e. The molecule has 0 bridgehead atoms. The molecule has 0 radical (unpaired) electrons. The molecule has 0 aliphatic carbocycles. The Bertz CT molecular complexity index is 3930. The number of aromatic carboxylic acids is 1. The van der Waals surface area contributed by atoms with Crippen LogP contribution in [0.5, 0.6) is 11.5 Å². The van der Waals surface area contributed by atoms with Crippen LogP contribution in [0.25, 0.3) is 65.9 Å². The van der Waals surface area contributed by atoms with E-state index in [0.717, 1.165) is 65.4 Å². The van der Waals surface area contributed by atoms with Crippen molar-refractivity contribution in [3.05, 3.63) is 166 Å². The van der Waals surface area contributed by atoms with Crippen LogP contribution < -0.4 is 31.6 Å². The number of ether oxygens (including phenoxy) is 4. The second-order valence-electron chi connectivity index (χ2n) is 18.5. The highest BCUT2D eigenvalue weighted by atomic mass is 19.1. The molecule has 6 aromatic carbocycles. The van der Waals surface area contributed by atoms with Gasteiger partial charge in [0.1, 0.15) is 22.9 Å². The van der Waals surface area contributed by atoms with Gasteiger partial charge in [-0.25, -0.2) is 15.0 Å². The first-order chi connectivity index (χ1) is 39.0. The number of nitrogens with one attached hydrogen (secondary N) is 3. The van der Waals surface area contributed by atoms with Crippen LogP contribution in [-0.2, 0) is 22.6 Å². The Morgan fingerprint density at radius 2 is 1.11 bits per heavy atom. The fraction of sp³-hybridized carbons (Fsp3) is 0.254. The van der Waals surface area contributed by atoms with E-state index in [1.54, 1.807) is 47.1 Å². The van der Waals surface area contributed by atoms with Gasteiger partial charge in [0.05, 0.1) is 56.8 Å². The molecule has 20 heteroatoms. The average Bonchev–Trinajstić information content (AvgIpc) is 4.33. The summed E-state index contributed by atoms with van der Waals surface area (Å²) in [6.07, 6.45) is 2.00. The molecule has 0 saturated carbocycles. The van der Waals surface area contributed by atoms with Gasteiger partial charge in [0.25, 0.3) is 17.0 Å². The van der Waals surface area contributed by atoms with Crippen molar-refractivity contribution in [2.24, 2.45) is 11.8 Å². The van der Waals surface area contributed by atoms with Gasteiger partial charge < -0.3 is 35.1 Å². The lowest BCUT2D eigenvalue weighted by molar-refractivity contribution is 0.0691. The van der Waals surface area contributed by atoms with Gasteiger partial charge in [-0.1, -0.05) is 72.8 Å². The molecule has 0 spiro atoms. The minimum Gasteiger partial charge on any atom is -0.493 e. The number of aromatic amines is 2. The molecule has 6 heterocycles. The van der Waals surface area contributed by atoms with Gasteiger partial charge in [-0.2, -0.15) is 20.4 Å². The number of hydrogen-bond acceptors (Lipinski definition) is 13. The van der Waals surface area contributed by atoms with Gasteiger partial charge in [0, 0.05) is 94.3 Å². The molecule has 1 amide bonds. The minimum absolute atomic E-state index is 0.129. The number of fused-ring (bicyclic) bond motifs is 4. The van der Waals surface area contributed by atoms with E-state index < -0.39 is 13.1 Å². The summed E-state index contributed by atoms with van der Waals surface area (Å²) >= 11 is 0. The first-order valence-corrected chi connectivity index (χ1v) is 25.7. The number of carbonyl (C=O) groups is 2. The van der Waals surface area contributed by atoms with Crippen molar-refractivity contribution in [2.75, 3.05) is 57.8 Å². The Kier molecular flexibility index (Phi) is 17.0. The molecular weight excluding hydrogens is 1010 g/mol. The topological polar surface area (TPSA) is 256 Å². The minimum atomic E-state index is -1.00. The van der Waals surface area contributed by atoms with Crippen LogP contribution in [0.1, 0.15) is 49.0 Å². The van der Waals surface area contributed by atoms with Crippen molar-refractivity contribution in [3.63, 3.8) is 0 Å². The second kappa shape index (κ2) is 25.3. The molecule has 406 valence electrons. The molecule has 2 atom stereocenters. The number of hydrogen-bond donors (Lipinski definition) is 5. The number of nitrogen functional groups attached to an aromatic ring is 1. The number of benzene rings is 6. The maximum absolute atomic E-state index is 13.4. The largest absolute Gasteiger partial charge is 0.493 e. The van der Waals surface area contributed by atoms with Gasteiger partial charge in [0.2, 0.25) is 0 Å². The second-order valence-corrected chi connectivity index (χ2v) is 18.5. The van der Waals surface area contributed by atoms with E-state index >= 15 is 0 Å². The van der Waals surface area contributed by atoms with Gasteiger partial charge in [0.15, 0.2) is 11.4 Å². The molecule has 2 aliphatic rings. The van der Waals surface area contributed by atoms with Crippen LogP contribution in [0.2, 0.25) is 0 Å².